The minimum atomic E-state index is -3.67. The van der Waals surface area contributed by atoms with E-state index < -0.39 is 27.8 Å². The summed E-state index contributed by atoms with van der Waals surface area (Å²) in [6.07, 6.45) is 1.66. The second kappa shape index (κ2) is 12.0. The van der Waals surface area contributed by atoms with Crippen LogP contribution < -0.4 is 15.1 Å². The van der Waals surface area contributed by atoms with E-state index in [-0.39, 0.29) is 22.6 Å². The summed E-state index contributed by atoms with van der Waals surface area (Å²) < 4.78 is 32.6. The van der Waals surface area contributed by atoms with Gasteiger partial charge in [-0.2, -0.15) is 14.4 Å². The molecule has 1 heterocycles. The van der Waals surface area contributed by atoms with Crippen LogP contribution in [-0.2, 0) is 19.6 Å². The van der Waals surface area contributed by atoms with E-state index in [1.54, 1.807) is 39.0 Å². The van der Waals surface area contributed by atoms with Gasteiger partial charge in [-0.1, -0.05) is 32.9 Å². The number of nitrogens with one attached hydrogen (secondary N) is 1. The summed E-state index contributed by atoms with van der Waals surface area (Å²) in [6, 6.07) is 13.0. The molecule has 37 heavy (non-hydrogen) atoms. The Labute approximate surface area is 217 Å². The van der Waals surface area contributed by atoms with Crippen LogP contribution in [0.25, 0.3) is 0 Å². The molecule has 10 nitrogen and oxygen atoms in total. The zero-order chi connectivity index (χ0) is 27.2. The molecule has 0 radical (unpaired) electrons. The summed E-state index contributed by atoms with van der Waals surface area (Å²) in [5.74, 6) is -2.06. The molecular weight excluding hydrogens is 496 g/mol. The number of benzene rings is 2. The van der Waals surface area contributed by atoms with E-state index in [1.807, 2.05) is 13.0 Å². The van der Waals surface area contributed by atoms with E-state index in [1.165, 1.54) is 34.8 Å². The maximum absolute atomic E-state index is 13.4. The minimum Gasteiger partial charge on any atom is -0.492 e. The highest BCUT2D eigenvalue weighted by Gasteiger charge is 2.38. The second-order valence-electron chi connectivity index (χ2n) is 8.12. The number of sulfonamides is 1. The normalized spacial score (nSPS) is 15.7. The van der Waals surface area contributed by atoms with Gasteiger partial charge in [0.05, 0.1) is 34.2 Å². The topological polar surface area (TPSA) is 129 Å². The van der Waals surface area contributed by atoms with Crippen LogP contribution in [-0.4, -0.2) is 55.1 Å². The highest BCUT2D eigenvalue weighted by Crippen LogP contribution is 2.30. The van der Waals surface area contributed by atoms with Crippen molar-refractivity contribution in [2.75, 3.05) is 30.0 Å². The van der Waals surface area contributed by atoms with Crippen molar-refractivity contribution in [3.63, 3.8) is 0 Å². The van der Waals surface area contributed by atoms with Gasteiger partial charge in [0.2, 0.25) is 10.0 Å². The first-order chi connectivity index (χ1) is 17.7. The van der Waals surface area contributed by atoms with Crippen LogP contribution in [0.15, 0.2) is 70.3 Å². The largest absolute Gasteiger partial charge is 0.492 e. The van der Waals surface area contributed by atoms with Crippen molar-refractivity contribution >= 4 is 39.0 Å². The van der Waals surface area contributed by atoms with E-state index in [2.05, 4.69) is 10.4 Å². The molecule has 0 saturated carbocycles. The number of carbonyl (C=O) groups excluding carboxylic acids is 1. The third kappa shape index (κ3) is 5.83. The number of carboxylic acids is 1. The zero-order valence-corrected chi connectivity index (χ0v) is 22.2. The summed E-state index contributed by atoms with van der Waals surface area (Å²) in [5.41, 5.74) is 1.14. The molecule has 11 heteroatoms. The van der Waals surface area contributed by atoms with E-state index >= 15 is 0 Å². The Bertz CT molecular complexity index is 1300. The molecular formula is C26H32N4O6S. The standard InChI is InChI=1S/C26H32N4O6S/c1-5-20(26(32)33)24-21(17-27-22-11-9-10-12-23(22)36-8-4)25(31)30(28-24)18-13-15-19(16-14-18)37(34,35)29(6-2)7-3/h9-17,20,27H,5-8H2,1-4H3,(H,32,33). The Morgan fingerprint density at radius 3 is 2.32 bits per heavy atom. The van der Waals surface area contributed by atoms with Gasteiger partial charge in [-0.15, -0.1) is 0 Å². The molecule has 0 spiro atoms. The molecule has 1 aliphatic rings. The van der Waals surface area contributed by atoms with Gasteiger partial charge in [0, 0.05) is 19.3 Å². The van der Waals surface area contributed by atoms with E-state index in [0.29, 0.717) is 36.8 Å². The van der Waals surface area contributed by atoms with Crippen LogP contribution in [0.5, 0.6) is 5.75 Å². The summed E-state index contributed by atoms with van der Waals surface area (Å²) in [7, 11) is -3.67. The number of anilines is 2. The number of nitrogens with zero attached hydrogens (tertiary/aromatic N) is 3. The average molecular weight is 529 g/mol. The molecule has 1 atom stereocenters. The number of hydrazone groups is 1. The molecule has 2 aromatic carbocycles. The number of amides is 1. The van der Waals surface area contributed by atoms with Crippen molar-refractivity contribution < 1.29 is 27.9 Å². The number of aliphatic carboxylic acids is 1. The molecule has 0 fully saturated rings. The number of para-hydroxylation sites is 2. The SMILES string of the molecule is CCOc1ccccc1NC=C1C(=O)N(c2ccc(S(=O)(=O)N(CC)CC)cc2)N=C1C(CC)C(=O)O. The lowest BCUT2D eigenvalue weighted by molar-refractivity contribution is -0.139. The van der Waals surface area contributed by atoms with Gasteiger partial charge >= 0.3 is 5.97 Å². The van der Waals surface area contributed by atoms with Gasteiger partial charge in [-0.25, -0.2) is 8.42 Å². The minimum absolute atomic E-state index is 0.0951. The number of hydrogen-bond acceptors (Lipinski definition) is 7. The lowest BCUT2D eigenvalue weighted by Crippen LogP contribution is -2.30. The highest BCUT2D eigenvalue weighted by atomic mass is 32.2. The fraction of sp³-hybridized carbons (Fsp3) is 0.346. The molecule has 2 N–H and O–H groups in total. The van der Waals surface area contributed by atoms with Crippen LogP contribution in [0.3, 0.4) is 0 Å². The molecule has 3 rings (SSSR count). The molecule has 2 aromatic rings. The Balaban J connectivity index is 1.99. The van der Waals surface area contributed by atoms with Gasteiger partial charge in [-0.05, 0) is 49.7 Å². The Morgan fingerprint density at radius 2 is 1.76 bits per heavy atom. The Hall–Kier alpha value is -3.70. The fourth-order valence-corrected chi connectivity index (χ4v) is 5.43. The van der Waals surface area contributed by atoms with Crippen molar-refractivity contribution in [3.05, 3.63) is 60.3 Å². The van der Waals surface area contributed by atoms with Crippen LogP contribution in [0.4, 0.5) is 11.4 Å². The first-order valence-corrected chi connectivity index (χ1v) is 13.6. The lowest BCUT2D eigenvalue weighted by atomic mass is 9.95. The highest BCUT2D eigenvalue weighted by molar-refractivity contribution is 7.89. The van der Waals surface area contributed by atoms with Gasteiger partial charge in [0.15, 0.2) is 0 Å². The second-order valence-corrected chi connectivity index (χ2v) is 10.1. The van der Waals surface area contributed by atoms with E-state index in [9.17, 15) is 23.1 Å². The number of ether oxygens (including phenoxy) is 1. The molecule has 198 valence electrons. The molecule has 1 amide bonds. The van der Waals surface area contributed by atoms with Crippen molar-refractivity contribution in [2.24, 2.45) is 11.0 Å². The smallest absolute Gasteiger partial charge is 0.312 e. The van der Waals surface area contributed by atoms with Gasteiger partial charge in [-0.3, -0.25) is 9.59 Å². The monoisotopic (exact) mass is 528 g/mol. The quantitative estimate of drug-likeness (QED) is 0.400. The summed E-state index contributed by atoms with van der Waals surface area (Å²) in [6.45, 7) is 8.20. The van der Waals surface area contributed by atoms with Crippen LogP contribution in [0, 0.1) is 5.92 Å². The van der Waals surface area contributed by atoms with E-state index in [4.69, 9.17) is 4.74 Å². The lowest BCUT2D eigenvalue weighted by Gasteiger charge is -2.19. The average Bonchev–Trinajstić information content (AvgIpc) is 3.20. The molecule has 0 aromatic heterocycles. The molecule has 1 aliphatic heterocycles. The number of carboxylic acid groups (broad SMARTS) is 1. The maximum atomic E-state index is 13.4. The van der Waals surface area contributed by atoms with Crippen molar-refractivity contribution in [2.45, 2.75) is 39.0 Å². The van der Waals surface area contributed by atoms with Gasteiger partial charge < -0.3 is 15.2 Å². The summed E-state index contributed by atoms with van der Waals surface area (Å²) >= 11 is 0. The third-order valence-electron chi connectivity index (χ3n) is 5.93. The number of hydrogen-bond donors (Lipinski definition) is 2. The van der Waals surface area contributed by atoms with Crippen molar-refractivity contribution in [1.82, 2.24) is 4.31 Å². The maximum Gasteiger partial charge on any atom is 0.312 e. The van der Waals surface area contributed by atoms with Crippen LogP contribution in [0.2, 0.25) is 0 Å². The first kappa shape index (κ1) is 27.9. The van der Waals surface area contributed by atoms with Crippen molar-refractivity contribution in [1.29, 1.82) is 0 Å². The Morgan fingerprint density at radius 1 is 1.11 bits per heavy atom. The predicted octanol–water partition coefficient (Wildman–Crippen LogP) is 3.93. The summed E-state index contributed by atoms with van der Waals surface area (Å²) in [5, 5.41) is 18.3. The van der Waals surface area contributed by atoms with Crippen LogP contribution in [0.1, 0.15) is 34.1 Å². The number of carbonyl (C=O) groups is 2. The molecule has 0 saturated heterocycles. The first-order valence-electron chi connectivity index (χ1n) is 12.1. The molecule has 1 unspecified atom stereocenters. The predicted molar refractivity (Wildman–Crippen MR) is 142 cm³/mol. The Kier molecular flexibility index (Phi) is 9.06. The molecule has 0 aliphatic carbocycles. The fourth-order valence-electron chi connectivity index (χ4n) is 3.97. The molecule has 0 bridgehead atoms. The third-order valence-corrected chi connectivity index (χ3v) is 7.99. The van der Waals surface area contributed by atoms with Gasteiger partial charge in [0.1, 0.15) is 11.7 Å². The van der Waals surface area contributed by atoms with E-state index in [0.717, 1.165) is 5.01 Å². The van der Waals surface area contributed by atoms with Gasteiger partial charge in [0.25, 0.3) is 5.91 Å². The zero-order valence-electron chi connectivity index (χ0n) is 21.3. The number of rotatable bonds is 12. The summed E-state index contributed by atoms with van der Waals surface area (Å²) in [4.78, 5) is 25.5. The van der Waals surface area contributed by atoms with Crippen LogP contribution >= 0.6 is 0 Å². The van der Waals surface area contributed by atoms with Crippen molar-refractivity contribution in [3.8, 4) is 5.75 Å².